The third-order valence-electron chi connectivity index (χ3n) is 5.02. The first-order valence-electron chi connectivity index (χ1n) is 9.64. The molecule has 4 aromatic rings. The van der Waals surface area contributed by atoms with Gasteiger partial charge in [0.15, 0.2) is 9.84 Å². The molecule has 0 unspecified atom stereocenters. The number of nitrogens with zero attached hydrogens (tertiary/aromatic N) is 2. The summed E-state index contributed by atoms with van der Waals surface area (Å²) in [5, 5.41) is 4.79. The minimum atomic E-state index is -3.35. The minimum Gasteiger partial charge on any atom is -0.267 e. The zero-order valence-electron chi connectivity index (χ0n) is 17.0. The monoisotopic (exact) mass is 468 g/mol. The molecule has 8 heteroatoms. The van der Waals surface area contributed by atoms with E-state index >= 15 is 0 Å². The summed E-state index contributed by atoms with van der Waals surface area (Å²) in [5.41, 5.74) is 2.58. The number of hydrogen-bond acceptors (Lipinski definition) is 4. The Balaban J connectivity index is 1.88. The number of aromatic nitrogens is 2. The van der Waals surface area contributed by atoms with Gasteiger partial charge >= 0.3 is 0 Å². The Morgan fingerprint density at radius 2 is 1.69 bits per heavy atom. The second kappa shape index (κ2) is 8.68. The van der Waals surface area contributed by atoms with Gasteiger partial charge < -0.3 is 0 Å². The summed E-state index contributed by atoms with van der Waals surface area (Å²) < 4.78 is 38.2. The smallest absolute Gasteiger partial charge is 0.267 e. The van der Waals surface area contributed by atoms with Gasteiger partial charge in [0, 0.05) is 28.8 Å². The molecule has 4 rings (SSSR count). The van der Waals surface area contributed by atoms with Crippen LogP contribution >= 0.6 is 11.6 Å². The molecule has 1 heterocycles. The van der Waals surface area contributed by atoms with Crippen LogP contribution in [0.3, 0.4) is 0 Å². The van der Waals surface area contributed by atoms with Crippen molar-refractivity contribution in [2.75, 3.05) is 6.26 Å². The molecular weight excluding hydrogens is 451 g/mol. The molecule has 5 nitrogen and oxygen atoms in total. The molecule has 0 fully saturated rings. The fourth-order valence-electron chi connectivity index (χ4n) is 3.39. The van der Waals surface area contributed by atoms with Gasteiger partial charge in [-0.1, -0.05) is 41.9 Å². The van der Waals surface area contributed by atoms with E-state index in [1.54, 1.807) is 54.7 Å². The maximum atomic E-state index is 13.5. The molecule has 1 aromatic heterocycles. The Bertz CT molecular complexity index is 1450. The Labute approximate surface area is 189 Å². The van der Waals surface area contributed by atoms with Crippen molar-refractivity contribution in [1.29, 1.82) is 0 Å². The van der Waals surface area contributed by atoms with E-state index in [1.807, 2.05) is 0 Å². The SMILES string of the molecule is CS(=O)(=O)c1ccc(-c2cnn(-c3cccc(Cl)c3)c(=O)c2Cc2ccc(F)cc2)cc1. The largest absolute Gasteiger partial charge is 0.275 e. The van der Waals surface area contributed by atoms with E-state index in [-0.39, 0.29) is 22.7 Å². The van der Waals surface area contributed by atoms with Crippen molar-refractivity contribution in [3.05, 3.63) is 111 Å². The molecule has 0 aliphatic rings. The van der Waals surface area contributed by atoms with E-state index in [2.05, 4.69) is 5.10 Å². The van der Waals surface area contributed by atoms with E-state index in [9.17, 15) is 17.6 Å². The molecular formula is C24H18ClFN2O3S. The lowest BCUT2D eigenvalue weighted by Crippen LogP contribution is -2.25. The highest BCUT2D eigenvalue weighted by Gasteiger charge is 2.16. The van der Waals surface area contributed by atoms with Gasteiger partial charge in [0.05, 0.1) is 16.8 Å². The molecule has 162 valence electrons. The van der Waals surface area contributed by atoms with Gasteiger partial charge in [-0.3, -0.25) is 4.79 Å². The highest BCUT2D eigenvalue weighted by molar-refractivity contribution is 7.90. The van der Waals surface area contributed by atoms with Crippen LogP contribution in [0.1, 0.15) is 11.1 Å². The lowest BCUT2D eigenvalue weighted by Gasteiger charge is -2.13. The molecule has 0 aliphatic heterocycles. The molecule has 0 radical (unpaired) electrons. The lowest BCUT2D eigenvalue weighted by molar-refractivity contribution is 0.602. The molecule has 0 bridgehead atoms. The molecule has 0 aliphatic carbocycles. The van der Waals surface area contributed by atoms with Gasteiger partial charge in [0.25, 0.3) is 5.56 Å². The highest BCUT2D eigenvalue weighted by Crippen LogP contribution is 2.25. The van der Waals surface area contributed by atoms with Crippen LogP contribution in [-0.4, -0.2) is 24.5 Å². The van der Waals surface area contributed by atoms with E-state index in [4.69, 9.17) is 11.6 Å². The van der Waals surface area contributed by atoms with E-state index in [0.29, 0.717) is 27.4 Å². The van der Waals surface area contributed by atoms with Crippen LogP contribution in [0, 0.1) is 5.82 Å². The summed E-state index contributed by atoms with van der Waals surface area (Å²) in [6.45, 7) is 0. The zero-order valence-corrected chi connectivity index (χ0v) is 18.6. The minimum absolute atomic E-state index is 0.182. The van der Waals surface area contributed by atoms with E-state index < -0.39 is 9.84 Å². The topological polar surface area (TPSA) is 69.0 Å². The summed E-state index contributed by atoms with van der Waals surface area (Å²) in [6.07, 6.45) is 2.94. The van der Waals surface area contributed by atoms with Crippen molar-refractivity contribution in [3.63, 3.8) is 0 Å². The normalized spacial score (nSPS) is 11.5. The van der Waals surface area contributed by atoms with E-state index in [0.717, 1.165) is 11.8 Å². The van der Waals surface area contributed by atoms with Crippen LogP contribution in [0.4, 0.5) is 4.39 Å². The molecule has 3 aromatic carbocycles. The first-order chi connectivity index (χ1) is 15.2. The Kier molecular flexibility index (Phi) is 5.95. The molecule has 0 saturated carbocycles. The third kappa shape index (κ3) is 4.64. The molecule has 32 heavy (non-hydrogen) atoms. The summed E-state index contributed by atoms with van der Waals surface area (Å²) in [7, 11) is -3.35. The first kappa shape index (κ1) is 21.9. The van der Waals surface area contributed by atoms with Gasteiger partial charge in [0.1, 0.15) is 5.82 Å². The maximum absolute atomic E-state index is 13.5. The van der Waals surface area contributed by atoms with Crippen LogP contribution < -0.4 is 5.56 Å². The van der Waals surface area contributed by atoms with Crippen molar-refractivity contribution in [3.8, 4) is 16.8 Å². The summed E-state index contributed by atoms with van der Waals surface area (Å²) >= 11 is 6.08. The zero-order chi connectivity index (χ0) is 22.9. The Hall–Kier alpha value is -3.29. The van der Waals surface area contributed by atoms with E-state index in [1.165, 1.54) is 28.9 Å². The molecule has 0 saturated heterocycles. The van der Waals surface area contributed by atoms with Gasteiger partial charge in [-0.2, -0.15) is 9.78 Å². The van der Waals surface area contributed by atoms with Crippen LogP contribution in [0.5, 0.6) is 0 Å². The Morgan fingerprint density at radius 1 is 1.00 bits per heavy atom. The summed E-state index contributed by atoms with van der Waals surface area (Å²) in [6, 6.07) is 19.0. The van der Waals surface area contributed by atoms with Crippen LogP contribution in [0.15, 0.2) is 88.7 Å². The van der Waals surface area contributed by atoms with Crippen molar-refractivity contribution < 1.29 is 12.8 Å². The van der Waals surface area contributed by atoms with Gasteiger partial charge in [-0.15, -0.1) is 0 Å². The molecule has 0 amide bonds. The summed E-state index contributed by atoms with van der Waals surface area (Å²) in [4.78, 5) is 13.6. The number of rotatable bonds is 5. The van der Waals surface area contributed by atoms with Gasteiger partial charge in [-0.05, 0) is 53.6 Å². The maximum Gasteiger partial charge on any atom is 0.275 e. The van der Waals surface area contributed by atoms with Crippen molar-refractivity contribution in [2.24, 2.45) is 0 Å². The number of benzene rings is 3. The standard InChI is InChI=1S/C24H18ClFN2O3S/c1-32(30,31)21-11-7-17(8-12-21)23-15-27-28(20-4-2-3-18(25)14-20)24(29)22(23)13-16-5-9-19(26)10-6-16/h2-12,14-15H,13H2,1H3. The predicted octanol–water partition coefficient (Wildman–Crippen LogP) is 4.69. The Morgan fingerprint density at radius 3 is 2.31 bits per heavy atom. The average Bonchev–Trinajstić information content (AvgIpc) is 2.76. The number of hydrogen-bond donors (Lipinski definition) is 0. The second-order valence-electron chi connectivity index (χ2n) is 7.33. The molecule has 0 spiro atoms. The van der Waals surface area contributed by atoms with Gasteiger partial charge in [-0.25, -0.2) is 12.8 Å². The quantitative estimate of drug-likeness (QED) is 0.426. The summed E-state index contributed by atoms with van der Waals surface area (Å²) in [5.74, 6) is -0.364. The van der Waals surface area contributed by atoms with Crippen molar-refractivity contribution in [2.45, 2.75) is 11.3 Å². The number of halogens is 2. The first-order valence-corrected chi connectivity index (χ1v) is 11.9. The second-order valence-corrected chi connectivity index (χ2v) is 9.79. The van der Waals surface area contributed by atoms with Crippen LogP contribution in [0.2, 0.25) is 5.02 Å². The van der Waals surface area contributed by atoms with Crippen molar-refractivity contribution in [1.82, 2.24) is 9.78 Å². The number of sulfone groups is 1. The van der Waals surface area contributed by atoms with Gasteiger partial charge in [0.2, 0.25) is 0 Å². The van der Waals surface area contributed by atoms with Crippen molar-refractivity contribution >= 4 is 21.4 Å². The molecule has 0 N–H and O–H groups in total. The van der Waals surface area contributed by atoms with Crippen LogP contribution in [0.25, 0.3) is 16.8 Å². The average molecular weight is 469 g/mol. The molecule has 0 atom stereocenters. The van der Waals surface area contributed by atoms with Crippen LogP contribution in [-0.2, 0) is 16.3 Å². The fourth-order valence-corrected chi connectivity index (χ4v) is 4.20. The fraction of sp³-hybridized carbons (Fsp3) is 0.0833. The lowest BCUT2D eigenvalue weighted by atomic mass is 9.97. The predicted molar refractivity (Wildman–Crippen MR) is 123 cm³/mol. The third-order valence-corrected chi connectivity index (χ3v) is 6.38. The highest BCUT2D eigenvalue weighted by atomic mass is 35.5.